The van der Waals surface area contributed by atoms with Crippen LogP contribution in [-0.4, -0.2) is 17.7 Å². The van der Waals surface area contributed by atoms with Crippen molar-refractivity contribution in [3.63, 3.8) is 0 Å². The number of nitrogens with one attached hydrogen (secondary N) is 2. The van der Waals surface area contributed by atoms with Gasteiger partial charge in [0.2, 0.25) is 0 Å². The SMILES string of the molecule is CCC1(NCNC2(CC)CCCCC2)CCCCC1. The van der Waals surface area contributed by atoms with Gasteiger partial charge in [-0.25, -0.2) is 0 Å². The summed E-state index contributed by atoms with van der Waals surface area (Å²) in [5.74, 6) is 0. The molecular formula is C17H34N2. The molecular weight excluding hydrogens is 232 g/mol. The molecule has 0 spiro atoms. The standard InChI is InChI=1S/C17H34N2/c1-3-16(11-7-5-8-12-16)18-15-19-17(4-2)13-9-6-10-14-17/h18-19H,3-15H2,1-2H3. The first-order valence-electron chi connectivity index (χ1n) is 8.74. The first-order chi connectivity index (χ1) is 9.24. The highest BCUT2D eigenvalue weighted by Crippen LogP contribution is 2.32. The number of rotatable bonds is 6. The molecule has 0 atom stereocenters. The minimum absolute atomic E-state index is 0.439. The van der Waals surface area contributed by atoms with Gasteiger partial charge in [-0.15, -0.1) is 0 Å². The maximum Gasteiger partial charge on any atom is 0.0462 e. The molecule has 0 aromatic heterocycles. The predicted molar refractivity (Wildman–Crippen MR) is 83.4 cm³/mol. The largest absolute Gasteiger partial charge is 0.299 e. The Morgan fingerprint density at radius 1 is 0.632 bits per heavy atom. The molecule has 19 heavy (non-hydrogen) atoms. The van der Waals surface area contributed by atoms with Crippen LogP contribution in [0.2, 0.25) is 0 Å². The fourth-order valence-electron chi connectivity index (χ4n) is 4.19. The van der Waals surface area contributed by atoms with Gasteiger partial charge in [-0.3, -0.25) is 10.6 Å². The first-order valence-corrected chi connectivity index (χ1v) is 8.74. The van der Waals surface area contributed by atoms with Crippen LogP contribution in [0.25, 0.3) is 0 Å². The second kappa shape index (κ2) is 7.08. The van der Waals surface area contributed by atoms with E-state index in [2.05, 4.69) is 24.5 Å². The zero-order valence-electron chi connectivity index (χ0n) is 13.2. The molecule has 2 fully saturated rings. The minimum atomic E-state index is 0.439. The number of hydrogen-bond donors (Lipinski definition) is 2. The lowest BCUT2D eigenvalue weighted by Gasteiger charge is -2.42. The zero-order valence-corrected chi connectivity index (χ0v) is 13.2. The van der Waals surface area contributed by atoms with E-state index < -0.39 is 0 Å². The Hall–Kier alpha value is -0.0800. The Morgan fingerprint density at radius 2 is 1.00 bits per heavy atom. The summed E-state index contributed by atoms with van der Waals surface area (Å²) in [5, 5.41) is 7.76. The van der Waals surface area contributed by atoms with Crippen LogP contribution < -0.4 is 10.6 Å². The van der Waals surface area contributed by atoms with Crippen molar-refractivity contribution in [3.8, 4) is 0 Å². The quantitative estimate of drug-likeness (QED) is 0.698. The molecule has 2 aliphatic carbocycles. The van der Waals surface area contributed by atoms with Crippen LogP contribution in [0.5, 0.6) is 0 Å². The third-order valence-corrected chi connectivity index (χ3v) is 5.90. The van der Waals surface area contributed by atoms with Crippen LogP contribution in [0.4, 0.5) is 0 Å². The molecule has 2 N–H and O–H groups in total. The van der Waals surface area contributed by atoms with E-state index in [0.29, 0.717) is 11.1 Å². The average Bonchev–Trinajstić information content (AvgIpc) is 2.49. The summed E-state index contributed by atoms with van der Waals surface area (Å²) in [7, 11) is 0. The Balaban J connectivity index is 1.80. The summed E-state index contributed by atoms with van der Waals surface area (Å²) >= 11 is 0. The second-order valence-corrected chi connectivity index (χ2v) is 6.92. The summed E-state index contributed by atoms with van der Waals surface area (Å²) in [6.45, 7) is 5.73. The highest BCUT2D eigenvalue weighted by atomic mass is 15.1. The summed E-state index contributed by atoms with van der Waals surface area (Å²) in [6.07, 6.45) is 16.6. The van der Waals surface area contributed by atoms with E-state index in [-0.39, 0.29) is 0 Å². The highest BCUT2D eigenvalue weighted by molar-refractivity contribution is 4.92. The van der Waals surface area contributed by atoms with Gasteiger partial charge in [0.1, 0.15) is 0 Å². The van der Waals surface area contributed by atoms with Crippen molar-refractivity contribution >= 4 is 0 Å². The smallest absolute Gasteiger partial charge is 0.0462 e. The lowest BCUT2D eigenvalue weighted by atomic mass is 9.79. The lowest BCUT2D eigenvalue weighted by molar-refractivity contribution is 0.176. The molecule has 2 aliphatic rings. The predicted octanol–water partition coefficient (Wildman–Crippen LogP) is 4.35. The van der Waals surface area contributed by atoms with Crippen LogP contribution in [0.15, 0.2) is 0 Å². The fourth-order valence-corrected chi connectivity index (χ4v) is 4.19. The topological polar surface area (TPSA) is 24.1 Å². The molecule has 112 valence electrons. The Kier molecular flexibility index (Phi) is 5.70. The summed E-state index contributed by atoms with van der Waals surface area (Å²) in [4.78, 5) is 0. The molecule has 0 aromatic carbocycles. The van der Waals surface area contributed by atoms with Gasteiger partial charge in [0.25, 0.3) is 0 Å². The maximum absolute atomic E-state index is 3.88. The van der Waals surface area contributed by atoms with E-state index in [4.69, 9.17) is 0 Å². The van der Waals surface area contributed by atoms with Gasteiger partial charge in [0.05, 0.1) is 0 Å². The molecule has 2 heteroatoms. The summed E-state index contributed by atoms with van der Waals surface area (Å²) < 4.78 is 0. The van der Waals surface area contributed by atoms with Crippen LogP contribution in [0.1, 0.15) is 90.9 Å². The van der Waals surface area contributed by atoms with Crippen LogP contribution in [-0.2, 0) is 0 Å². The van der Waals surface area contributed by atoms with E-state index >= 15 is 0 Å². The van der Waals surface area contributed by atoms with Gasteiger partial charge in [-0.1, -0.05) is 52.4 Å². The van der Waals surface area contributed by atoms with E-state index in [1.165, 1.54) is 77.0 Å². The van der Waals surface area contributed by atoms with Crippen molar-refractivity contribution in [1.82, 2.24) is 10.6 Å². The Labute approximate surface area is 120 Å². The summed E-state index contributed by atoms with van der Waals surface area (Å²) in [5.41, 5.74) is 0.879. The van der Waals surface area contributed by atoms with Crippen molar-refractivity contribution in [3.05, 3.63) is 0 Å². The molecule has 2 saturated carbocycles. The molecule has 0 amide bonds. The molecule has 0 unspecified atom stereocenters. The normalized spacial score (nSPS) is 26.2. The molecule has 0 radical (unpaired) electrons. The van der Waals surface area contributed by atoms with E-state index in [0.717, 1.165) is 6.67 Å². The second-order valence-electron chi connectivity index (χ2n) is 6.92. The monoisotopic (exact) mass is 266 g/mol. The first kappa shape index (κ1) is 15.3. The van der Waals surface area contributed by atoms with Gasteiger partial charge < -0.3 is 0 Å². The number of hydrogen-bond acceptors (Lipinski definition) is 2. The fraction of sp³-hybridized carbons (Fsp3) is 1.00. The average molecular weight is 266 g/mol. The van der Waals surface area contributed by atoms with E-state index in [1.807, 2.05) is 0 Å². The minimum Gasteiger partial charge on any atom is -0.299 e. The van der Waals surface area contributed by atoms with Gasteiger partial charge in [-0.05, 0) is 38.5 Å². The van der Waals surface area contributed by atoms with Gasteiger partial charge in [0, 0.05) is 17.7 Å². The van der Waals surface area contributed by atoms with Crippen LogP contribution in [0.3, 0.4) is 0 Å². The van der Waals surface area contributed by atoms with E-state index in [1.54, 1.807) is 0 Å². The third kappa shape index (κ3) is 3.95. The molecule has 0 bridgehead atoms. The van der Waals surface area contributed by atoms with Crippen molar-refractivity contribution in [1.29, 1.82) is 0 Å². The highest BCUT2D eigenvalue weighted by Gasteiger charge is 2.32. The molecule has 0 heterocycles. The summed E-state index contributed by atoms with van der Waals surface area (Å²) in [6, 6.07) is 0. The Morgan fingerprint density at radius 3 is 1.32 bits per heavy atom. The van der Waals surface area contributed by atoms with Gasteiger partial charge in [-0.2, -0.15) is 0 Å². The van der Waals surface area contributed by atoms with Crippen molar-refractivity contribution in [2.45, 2.75) is 102 Å². The van der Waals surface area contributed by atoms with Gasteiger partial charge >= 0.3 is 0 Å². The molecule has 2 nitrogen and oxygen atoms in total. The zero-order chi connectivity index (χ0) is 13.6. The third-order valence-electron chi connectivity index (χ3n) is 5.90. The van der Waals surface area contributed by atoms with Crippen LogP contribution in [0, 0.1) is 0 Å². The molecule has 2 rings (SSSR count). The van der Waals surface area contributed by atoms with Crippen LogP contribution >= 0.6 is 0 Å². The van der Waals surface area contributed by atoms with E-state index in [9.17, 15) is 0 Å². The molecule has 0 saturated heterocycles. The van der Waals surface area contributed by atoms with Crippen molar-refractivity contribution in [2.75, 3.05) is 6.67 Å². The van der Waals surface area contributed by atoms with Gasteiger partial charge in [0.15, 0.2) is 0 Å². The van der Waals surface area contributed by atoms with Crippen molar-refractivity contribution < 1.29 is 0 Å². The molecule has 0 aliphatic heterocycles. The maximum atomic E-state index is 3.88. The Bertz CT molecular complexity index is 224. The molecule has 0 aromatic rings. The van der Waals surface area contributed by atoms with Crippen molar-refractivity contribution in [2.24, 2.45) is 0 Å². The lowest BCUT2D eigenvalue weighted by Crippen LogP contribution is -2.55.